The number of fused-ring (bicyclic) bond motifs is 1. The number of para-hydroxylation sites is 1. The van der Waals surface area contributed by atoms with E-state index in [2.05, 4.69) is 4.99 Å². The highest BCUT2D eigenvalue weighted by Gasteiger charge is 2.47. The minimum atomic E-state index is 0.0571. The molecule has 3 aliphatic rings. The Kier molecular flexibility index (Phi) is 4.39. The third-order valence-corrected chi connectivity index (χ3v) is 5.87. The predicted molar refractivity (Wildman–Crippen MR) is 114 cm³/mol. The quantitative estimate of drug-likeness (QED) is 0.607. The molecular weight excluding hydrogens is 362 g/mol. The van der Waals surface area contributed by atoms with E-state index in [1.807, 2.05) is 67.0 Å². The van der Waals surface area contributed by atoms with Crippen LogP contribution >= 0.6 is 0 Å². The molecule has 2 aliphatic heterocycles. The molecule has 29 heavy (non-hydrogen) atoms. The molecule has 0 bridgehead atoms. The first-order valence-electron chi connectivity index (χ1n) is 9.93. The normalized spacial score (nSPS) is 27.4. The van der Waals surface area contributed by atoms with Gasteiger partial charge in [0.05, 0.1) is 18.0 Å². The van der Waals surface area contributed by atoms with Gasteiger partial charge in [0, 0.05) is 5.92 Å². The van der Waals surface area contributed by atoms with Crippen molar-refractivity contribution >= 4 is 12.1 Å². The molecule has 2 aromatic rings. The van der Waals surface area contributed by atoms with E-state index in [0.29, 0.717) is 11.8 Å². The van der Waals surface area contributed by atoms with Gasteiger partial charge in [-0.3, -0.25) is 4.99 Å². The molecule has 5 rings (SSSR count). The van der Waals surface area contributed by atoms with Gasteiger partial charge in [-0.05, 0) is 61.7 Å². The second kappa shape index (κ2) is 7.08. The summed E-state index contributed by atoms with van der Waals surface area (Å²) in [5, 5.41) is 0. The molecule has 0 aromatic heterocycles. The fourth-order valence-corrected chi connectivity index (χ4v) is 4.15. The number of benzene rings is 2. The number of nitrogens with zero attached hydrogens (tertiary/aromatic N) is 3. The molecule has 2 heterocycles. The summed E-state index contributed by atoms with van der Waals surface area (Å²) in [6.45, 7) is 0.731. The Morgan fingerprint density at radius 3 is 2.45 bits per heavy atom. The maximum Gasteiger partial charge on any atom is 0.264 e. The fraction of sp³-hybridized carbons (Fsp3) is 0.217. The molecule has 1 saturated carbocycles. The van der Waals surface area contributed by atoms with Gasteiger partial charge in [-0.2, -0.15) is 10.8 Å². The van der Waals surface area contributed by atoms with E-state index in [1.165, 1.54) is 0 Å². The van der Waals surface area contributed by atoms with Crippen LogP contribution in [0.4, 0.5) is 0 Å². The Balaban J connectivity index is 1.43. The van der Waals surface area contributed by atoms with Gasteiger partial charge in [0.25, 0.3) is 5.84 Å². The summed E-state index contributed by atoms with van der Waals surface area (Å²) in [6, 6.07) is 17.6. The standard InChI is InChI=1S/C23H24N5O/c24-14-16-12-18(13-16)22-21-15-26-10-11-28(21,25)23(27-22)17-6-8-20(9-7-17)29-19-4-2-1-3-5-19/h1-11,15-16,18H,12-14,24-25H2/q+1. The molecule has 6 heteroatoms. The van der Waals surface area contributed by atoms with E-state index >= 15 is 0 Å². The summed E-state index contributed by atoms with van der Waals surface area (Å²) < 4.78 is 5.96. The fourth-order valence-electron chi connectivity index (χ4n) is 4.15. The van der Waals surface area contributed by atoms with Crippen molar-refractivity contribution in [3.05, 3.63) is 84.0 Å². The zero-order valence-electron chi connectivity index (χ0n) is 16.1. The Labute approximate surface area is 170 Å². The van der Waals surface area contributed by atoms with Crippen LogP contribution in [-0.2, 0) is 0 Å². The number of hydrogen-bond donors (Lipinski definition) is 2. The summed E-state index contributed by atoms with van der Waals surface area (Å²) in [7, 11) is 0. The summed E-state index contributed by atoms with van der Waals surface area (Å²) >= 11 is 0. The molecule has 0 amide bonds. The van der Waals surface area contributed by atoms with Crippen molar-refractivity contribution in [1.29, 1.82) is 0 Å². The predicted octanol–water partition coefficient (Wildman–Crippen LogP) is 3.68. The summed E-state index contributed by atoms with van der Waals surface area (Å²) in [4.78, 5) is 9.31. The molecule has 1 unspecified atom stereocenters. The van der Waals surface area contributed by atoms with Crippen molar-refractivity contribution in [3.63, 3.8) is 0 Å². The van der Waals surface area contributed by atoms with E-state index in [1.54, 1.807) is 6.20 Å². The van der Waals surface area contributed by atoms with E-state index in [0.717, 1.165) is 53.7 Å². The first kappa shape index (κ1) is 18.0. The van der Waals surface area contributed by atoms with Crippen molar-refractivity contribution in [2.75, 3.05) is 6.54 Å². The van der Waals surface area contributed by atoms with Gasteiger partial charge in [0.15, 0.2) is 0 Å². The minimum Gasteiger partial charge on any atom is -0.457 e. The van der Waals surface area contributed by atoms with Crippen LogP contribution in [0.2, 0.25) is 0 Å². The number of hydrogen-bond acceptors (Lipinski definition) is 5. The monoisotopic (exact) mass is 386 g/mol. The SMILES string of the molecule is NCC1CC(C2=C3C=NC=C[N+]3(N)C(c3ccc(Oc4ccccc4)cc3)=N2)C1. The molecule has 0 spiro atoms. The van der Waals surface area contributed by atoms with Crippen molar-refractivity contribution in [2.45, 2.75) is 12.8 Å². The van der Waals surface area contributed by atoms with Gasteiger partial charge >= 0.3 is 0 Å². The largest absolute Gasteiger partial charge is 0.457 e. The number of allylic oxidation sites excluding steroid dienone is 2. The Morgan fingerprint density at radius 1 is 1.00 bits per heavy atom. The Bertz CT molecular complexity index is 1030. The van der Waals surface area contributed by atoms with Crippen LogP contribution in [0.25, 0.3) is 0 Å². The molecule has 146 valence electrons. The number of nitrogens with two attached hydrogens (primary N) is 2. The van der Waals surface area contributed by atoms with Crippen LogP contribution in [0.5, 0.6) is 11.5 Å². The summed E-state index contributed by atoms with van der Waals surface area (Å²) in [5.74, 6) is 10.2. The summed E-state index contributed by atoms with van der Waals surface area (Å²) in [6.07, 6.45) is 7.59. The molecule has 1 atom stereocenters. The highest BCUT2D eigenvalue weighted by molar-refractivity contribution is 6.00. The van der Waals surface area contributed by atoms with E-state index < -0.39 is 0 Å². The van der Waals surface area contributed by atoms with Gasteiger partial charge in [-0.15, -0.1) is 4.59 Å². The molecule has 2 aromatic carbocycles. The number of aliphatic imine (C=N–C) groups is 2. The van der Waals surface area contributed by atoms with Crippen LogP contribution in [0.15, 0.2) is 88.4 Å². The lowest BCUT2D eigenvalue weighted by molar-refractivity contribution is -0.750. The zero-order chi connectivity index (χ0) is 19.8. The van der Waals surface area contributed by atoms with Crippen molar-refractivity contribution in [2.24, 2.45) is 33.4 Å². The average molecular weight is 386 g/mol. The van der Waals surface area contributed by atoms with E-state index in [4.69, 9.17) is 21.3 Å². The van der Waals surface area contributed by atoms with Crippen molar-refractivity contribution in [1.82, 2.24) is 0 Å². The van der Waals surface area contributed by atoms with Gasteiger partial charge in [0.2, 0.25) is 5.70 Å². The molecule has 1 fully saturated rings. The molecule has 4 N–H and O–H groups in total. The first-order chi connectivity index (χ1) is 14.2. The van der Waals surface area contributed by atoms with Crippen LogP contribution in [0, 0.1) is 11.8 Å². The molecule has 1 aliphatic carbocycles. The van der Waals surface area contributed by atoms with Crippen LogP contribution < -0.4 is 16.3 Å². The van der Waals surface area contributed by atoms with Crippen molar-refractivity contribution in [3.8, 4) is 11.5 Å². The first-order valence-corrected chi connectivity index (χ1v) is 9.93. The second-order valence-corrected chi connectivity index (χ2v) is 7.77. The number of quaternary nitrogens is 1. The molecule has 0 radical (unpaired) electrons. The van der Waals surface area contributed by atoms with Gasteiger partial charge in [-0.25, -0.2) is 0 Å². The Hall–Kier alpha value is -3.06. The lowest BCUT2D eigenvalue weighted by atomic mass is 9.73. The highest BCUT2D eigenvalue weighted by Crippen LogP contribution is 2.44. The van der Waals surface area contributed by atoms with Gasteiger partial charge in [0.1, 0.15) is 23.4 Å². The number of ether oxygens (including phenoxy) is 1. The molecule has 6 nitrogen and oxygen atoms in total. The van der Waals surface area contributed by atoms with E-state index in [9.17, 15) is 0 Å². The third kappa shape index (κ3) is 3.11. The molecular formula is C23H24N5O+. The van der Waals surface area contributed by atoms with Crippen LogP contribution in [-0.4, -0.2) is 23.2 Å². The number of amidine groups is 1. The zero-order valence-corrected chi connectivity index (χ0v) is 16.1. The second-order valence-electron chi connectivity index (χ2n) is 7.77. The lowest BCUT2D eigenvalue weighted by Crippen LogP contribution is -2.53. The average Bonchev–Trinajstić information content (AvgIpc) is 3.02. The highest BCUT2D eigenvalue weighted by atomic mass is 16.5. The topological polar surface area (TPSA) is 86.0 Å². The molecule has 0 saturated heterocycles. The van der Waals surface area contributed by atoms with Gasteiger partial charge in [-0.1, -0.05) is 18.2 Å². The van der Waals surface area contributed by atoms with Crippen LogP contribution in [0.1, 0.15) is 18.4 Å². The lowest BCUT2D eigenvalue weighted by Gasteiger charge is -2.34. The maximum atomic E-state index is 6.79. The summed E-state index contributed by atoms with van der Waals surface area (Å²) in [5.41, 5.74) is 8.78. The van der Waals surface area contributed by atoms with Crippen LogP contribution in [0.3, 0.4) is 0 Å². The number of rotatable bonds is 5. The smallest absolute Gasteiger partial charge is 0.264 e. The van der Waals surface area contributed by atoms with Crippen molar-refractivity contribution < 1.29 is 9.33 Å². The Morgan fingerprint density at radius 2 is 1.72 bits per heavy atom. The van der Waals surface area contributed by atoms with Gasteiger partial charge < -0.3 is 10.5 Å². The van der Waals surface area contributed by atoms with E-state index in [-0.39, 0.29) is 4.59 Å². The minimum absolute atomic E-state index is 0.0571. The third-order valence-electron chi connectivity index (χ3n) is 5.87. The maximum absolute atomic E-state index is 6.79.